The monoisotopic (exact) mass is 324 g/mol. The molecule has 0 radical (unpaired) electrons. The number of benzene rings is 1. The van der Waals surface area contributed by atoms with Crippen molar-refractivity contribution in [1.82, 2.24) is 0 Å². The van der Waals surface area contributed by atoms with Gasteiger partial charge in [0.2, 0.25) is 8.32 Å². The van der Waals surface area contributed by atoms with Crippen molar-refractivity contribution in [2.45, 2.75) is 51.4 Å². The Bertz CT molecular complexity index is 463. The molecule has 4 heteroatoms. The van der Waals surface area contributed by atoms with Crippen molar-refractivity contribution in [2.24, 2.45) is 0 Å². The van der Waals surface area contributed by atoms with Gasteiger partial charge in [0.15, 0.2) is 0 Å². The first kappa shape index (κ1) is 18.3. The highest BCUT2D eigenvalue weighted by atomic mass is 32.2. The van der Waals surface area contributed by atoms with Gasteiger partial charge < -0.3 is 9.53 Å². The first-order valence-corrected chi connectivity index (χ1v) is 11.4. The van der Waals surface area contributed by atoms with Crippen LogP contribution in [-0.4, -0.2) is 19.7 Å². The van der Waals surface area contributed by atoms with Crippen molar-refractivity contribution in [1.29, 1.82) is 0 Å². The molecule has 0 aliphatic heterocycles. The molecule has 0 saturated heterocycles. The molecule has 1 aromatic rings. The van der Waals surface area contributed by atoms with Gasteiger partial charge in [0.25, 0.3) is 0 Å². The standard InChI is InChI=1S/C17H28O2SSi/c1-17(2,3)21(5,6)19-13-15(20-4)12-16(18)14-10-8-7-9-11-14/h7-11,13,16,18H,12H2,1-6H3/b15-13-. The molecule has 1 aromatic carbocycles. The van der Waals surface area contributed by atoms with Crippen molar-refractivity contribution in [2.75, 3.05) is 6.26 Å². The predicted molar refractivity (Wildman–Crippen MR) is 95.9 cm³/mol. The zero-order chi connectivity index (χ0) is 16.1. The maximum Gasteiger partial charge on any atom is 0.249 e. The number of aliphatic hydroxyl groups excluding tert-OH is 1. The van der Waals surface area contributed by atoms with Crippen LogP contribution in [0.3, 0.4) is 0 Å². The summed E-state index contributed by atoms with van der Waals surface area (Å²) in [6, 6.07) is 9.77. The Morgan fingerprint density at radius 1 is 1.29 bits per heavy atom. The molecule has 2 nitrogen and oxygen atoms in total. The third-order valence-corrected chi connectivity index (χ3v) is 9.24. The lowest BCUT2D eigenvalue weighted by atomic mass is 10.1. The molecule has 0 spiro atoms. The average molecular weight is 325 g/mol. The number of rotatable bonds is 6. The van der Waals surface area contributed by atoms with Crippen molar-refractivity contribution in [3.05, 3.63) is 47.1 Å². The van der Waals surface area contributed by atoms with Gasteiger partial charge in [-0.05, 0) is 30.0 Å². The van der Waals surface area contributed by atoms with Crippen LogP contribution in [-0.2, 0) is 4.43 Å². The Morgan fingerprint density at radius 3 is 2.33 bits per heavy atom. The SMILES string of the molecule is CS/C(=C\O[Si](C)(C)C(C)(C)C)CC(O)c1ccccc1. The molecule has 0 heterocycles. The van der Waals surface area contributed by atoms with Gasteiger partial charge in [-0.2, -0.15) is 0 Å². The molecule has 0 amide bonds. The second-order valence-corrected chi connectivity index (χ2v) is 12.5. The molecular formula is C17H28O2SSi. The average Bonchev–Trinajstić information content (AvgIpc) is 2.43. The van der Waals surface area contributed by atoms with E-state index < -0.39 is 14.4 Å². The lowest BCUT2D eigenvalue weighted by Gasteiger charge is -2.35. The van der Waals surface area contributed by atoms with Crippen LogP contribution in [0, 0.1) is 0 Å². The molecule has 1 unspecified atom stereocenters. The minimum atomic E-state index is -1.79. The molecule has 0 fully saturated rings. The Hall–Kier alpha value is -0.713. The summed E-state index contributed by atoms with van der Waals surface area (Å²) in [5, 5.41) is 10.5. The van der Waals surface area contributed by atoms with E-state index in [0.29, 0.717) is 6.42 Å². The van der Waals surface area contributed by atoms with Gasteiger partial charge in [-0.25, -0.2) is 0 Å². The van der Waals surface area contributed by atoms with E-state index in [1.165, 1.54) is 0 Å². The van der Waals surface area contributed by atoms with Crippen LogP contribution in [0.1, 0.15) is 38.9 Å². The van der Waals surface area contributed by atoms with E-state index >= 15 is 0 Å². The number of aliphatic hydroxyl groups is 1. The Labute approximate surface area is 134 Å². The fourth-order valence-corrected chi connectivity index (χ4v) is 2.90. The summed E-state index contributed by atoms with van der Waals surface area (Å²) in [5.41, 5.74) is 0.949. The van der Waals surface area contributed by atoms with Crippen LogP contribution < -0.4 is 0 Å². The maximum absolute atomic E-state index is 10.3. The summed E-state index contributed by atoms with van der Waals surface area (Å²) in [6.45, 7) is 11.1. The van der Waals surface area contributed by atoms with Gasteiger partial charge in [-0.15, -0.1) is 11.8 Å². The van der Waals surface area contributed by atoms with Crippen LogP contribution in [0.5, 0.6) is 0 Å². The molecule has 1 rings (SSSR count). The van der Waals surface area contributed by atoms with Gasteiger partial charge in [0.05, 0.1) is 12.4 Å². The fraction of sp³-hybridized carbons (Fsp3) is 0.529. The molecule has 1 atom stereocenters. The highest BCUT2D eigenvalue weighted by molar-refractivity contribution is 8.02. The quantitative estimate of drug-likeness (QED) is 0.566. The second kappa shape index (κ2) is 7.52. The summed E-state index contributed by atoms with van der Waals surface area (Å²) in [6.07, 6.45) is 4.01. The third-order valence-electron chi connectivity index (χ3n) is 4.13. The predicted octanol–water partition coefficient (Wildman–Crippen LogP) is 5.34. The zero-order valence-electron chi connectivity index (χ0n) is 14.0. The van der Waals surface area contributed by atoms with Crippen molar-refractivity contribution in [3.63, 3.8) is 0 Å². The molecule has 0 aromatic heterocycles. The van der Waals surface area contributed by atoms with Gasteiger partial charge in [0, 0.05) is 11.3 Å². The zero-order valence-corrected chi connectivity index (χ0v) is 15.8. The fourth-order valence-electron chi connectivity index (χ4n) is 1.55. The Kier molecular flexibility index (Phi) is 6.57. The third kappa shape index (κ3) is 5.53. The molecule has 118 valence electrons. The van der Waals surface area contributed by atoms with E-state index in [2.05, 4.69) is 33.9 Å². The first-order valence-electron chi connectivity index (χ1n) is 7.31. The highest BCUT2D eigenvalue weighted by Gasteiger charge is 2.38. The van der Waals surface area contributed by atoms with E-state index in [0.717, 1.165) is 10.5 Å². The molecule has 1 N–H and O–H groups in total. The lowest BCUT2D eigenvalue weighted by molar-refractivity contribution is 0.179. The van der Waals surface area contributed by atoms with E-state index in [4.69, 9.17) is 4.43 Å². The highest BCUT2D eigenvalue weighted by Crippen LogP contribution is 2.37. The molecule has 0 aliphatic carbocycles. The van der Waals surface area contributed by atoms with Crippen LogP contribution >= 0.6 is 11.8 Å². The summed E-state index contributed by atoms with van der Waals surface area (Å²) in [7, 11) is -1.79. The minimum absolute atomic E-state index is 0.186. The minimum Gasteiger partial charge on any atom is -0.548 e. The van der Waals surface area contributed by atoms with Gasteiger partial charge in [-0.1, -0.05) is 51.1 Å². The lowest BCUT2D eigenvalue weighted by Crippen LogP contribution is -2.39. The van der Waals surface area contributed by atoms with Crippen molar-refractivity contribution < 1.29 is 9.53 Å². The van der Waals surface area contributed by atoms with E-state index in [1.54, 1.807) is 11.8 Å². The molecule has 21 heavy (non-hydrogen) atoms. The molecule has 0 saturated carbocycles. The largest absolute Gasteiger partial charge is 0.548 e. The van der Waals surface area contributed by atoms with Crippen LogP contribution in [0.4, 0.5) is 0 Å². The molecular weight excluding hydrogens is 296 g/mol. The summed E-state index contributed by atoms with van der Waals surface area (Å²) in [5.74, 6) is 0. The van der Waals surface area contributed by atoms with Crippen LogP contribution in [0.2, 0.25) is 18.1 Å². The van der Waals surface area contributed by atoms with E-state index in [1.807, 2.05) is 42.8 Å². The number of hydrogen-bond acceptors (Lipinski definition) is 3. The van der Waals surface area contributed by atoms with E-state index in [9.17, 15) is 5.11 Å². The van der Waals surface area contributed by atoms with Gasteiger partial charge in [-0.3, -0.25) is 0 Å². The van der Waals surface area contributed by atoms with Gasteiger partial charge in [0.1, 0.15) is 0 Å². The normalized spacial score (nSPS) is 14.9. The summed E-state index contributed by atoms with van der Waals surface area (Å²) in [4.78, 5) is 1.08. The molecule has 0 aliphatic rings. The summed E-state index contributed by atoms with van der Waals surface area (Å²) < 4.78 is 6.13. The van der Waals surface area contributed by atoms with Gasteiger partial charge >= 0.3 is 0 Å². The Morgan fingerprint density at radius 2 is 1.86 bits per heavy atom. The topological polar surface area (TPSA) is 29.5 Å². The second-order valence-electron chi connectivity index (χ2n) is 6.80. The van der Waals surface area contributed by atoms with Crippen molar-refractivity contribution >= 4 is 20.1 Å². The van der Waals surface area contributed by atoms with Crippen LogP contribution in [0.15, 0.2) is 41.5 Å². The smallest absolute Gasteiger partial charge is 0.249 e. The van der Waals surface area contributed by atoms with E-state index in [-0.39, 0.29) is 5.04 Å². The molecule has 0 bridgehead atoms. The van der Waals surface area contributed by atoms with Crippen LogP contribution in [0.25, 0.3) is 0 Å². The number of hydrogen-bond donors (Lipinski definition) is 1. The van der Waals surface area contributed by atoms with Crippen molar-refractivity contribution in [3.8, 4) is 0 Å². The first-order chi connectivity index (χ1) is 9.67. The Balaban J connectivity index is 2.73. The summed E-state index contributed by atoms with van der Waals surface area (Å²) >= 11 is 1.64. The number of thioether (sulfide) groups is 1. The maximum atomic E-state index is 10.3.